The standard InChI is InChI=1S/C11H19NO2/c1-8(2)7-9(3)12-10(13)14-11(4,5)6/h7H,1H2,2-6H3,(H,12,13)/b9-7+. The van der Waals surface area contributed by atoms with Gasteiger partial charge in [0.15, 0.2) is 0 Å². The monoisotopic (exact) mass is 197 g/mol. The summed E-state index contributed by atoms with van der Waals surface area (Å²) in [4.78, 5) is 11.2. The van der Waals surface area contributed by atoms with Gasteiger partial charge in [-0.05, 0) is 40.7 Å². The number of rotatable bonds is 2. The molecule has 0 saturated carbocycles. The number of carbonyl (C=O) groups is 1. The summed E-state index contributed by atoms with van der Waals surface area (Å²) in [5, 5.41) is 2.61. The minimum absolute atomic E-state index is 0.438. The third kappa shape index (κ3) is 7.40. The van der Waals surface area contributed by atoms with Gasteiger partial charge in [-0.3, -0.25) is 5.32 Å². The van der Waals surface area contributed by atoms with Crippen LogP contribution in [0.4, 0.5) is 4.79 Å². The molecule has 0 radical (unpaired) electrons. The van der Waals surface area contributed by atoms with E-state index in [9.17, 15) is 4.79 Å². The minimum Gasteiger partial charge on any atom is -0.444 e. The normalized spacial score (nSPS) is 12.2. The van der Waals surface area contributed by atoms with E-state index in [4.69, 9.17) is 4.74 Å². The number of carbonyl (C=O) groups excluding carboxylic acids is 1. The summed E-state index contributed by atoms with van der Waals surface area (Å²) in [5.41, 5.74) is 1.15. The van der Waals surface area contributed by atoms with Gasteiger partial charge in [0, 0.05) is 5.70 Å². The van der Waals surface area contributed by atoms with Crippen LogP contribution in [-0.4, -0.2) is 11.7 Å². The lowest BCUT2D eigenvalue weighted by molar-refractivity contribution is 0.0546. The molecule has 1 N–H and O–H groups in total. The highest BCUT2D eigenvalue weighted by Gasteiger charge is 2.15. The van der Waals surface area contributed by atoms with E-state index in [1.165, 1.54) is 0 Å². The predicted molar refractivity (Wildman–Crippen MR) is 57.9 cm³/mol. The van der Waals surface area contributed by atoms with Crippen LogP contribution in [0.5, 0.6) is 0 Å². The highest BCUT2D eigenvalue weighted by atomic mass is 16.6. The summed E-state index contributed by atoms with van der Waals surface area (Å²) in [6, 6.07) is 0. The van der Waals surface area contributed by atoms with E-state index < -0.39 is 11.7 Å². The van der Waals surface area contributed by atoms with Crippen molar-refractivity contribution in [2.75, 3.05) is 0 Å². The Labute approximate surface area is 85.8 Å². The molecule has 0 saturated heterocycles. The first-order chi connectivity index (χ1) is 6.20. The first-order valence-corrected chi connectivity index (χ1v) is 4.54. The Morgan fingerprint density at radius 1 is 1.36 bits per heavy atom. The molecule has 0 heterocycles. The lowest BCUT2D eigenvalue weighted by Crippen LogP contribution is -2.31. The molecule has 0 aromatic heterocycles. The van der Waals surface area contributed by atoms with E-state index in [0.29, 0.717) is 0 Å². The van der Waals surface area contributed by atoms with Crippen LogP contribution in [0, 0.1) is 0 Å². The van der Waals surface area contributed by atoms with Gasteiger partial charge in [0.2, 0.25) is 0 Å². The summed E-state index contributed by atoms with van der Waals surface area (Å²) in [6.45, 7) is 12.8. The molecular formula is C11H19NO2. The molecule has 0 aromatic rings. The zero-order chi connectivity index (χ0) is 11.4. The Hall–Kier alpha value is -1.25. The number of ether oxygens (including phenoxy) is 1. The van der Waals surface area contributed by atoms with Gasteiger partial charge in [-0.1, -0.05) is 12.2 Å². The smallest absolute Gasteiger partial charge is 0.411 e. The Balaban J connectivity index is 4.14. The highest BCUT2D eigenvalue weighted by Crippen LogP contribution is 2.07. The number of amides is 1. The number of hydrogen-bond acceptors (Lipinski definition) is 2. The van der Waals surface area contributed by atoms with Crippen LogP contribution in [0.2, 0.25) is 0 Å². The van der Waals surface area contributed by atoms with Crippen LogP contribution in [0.1, 0.15) is 34.6 Å². The molecule has 0 fully saturated rings. The fraction of sp³-hybridized carbons (Fsp3) is 0.545. The molecule has 0 atom stereocenters. The van der Waals surface area contributed by atoms with Gasteiger partial charge in [-0.15, -0.1) is 0 Å². The zero-order valence-electron chi connectivity index (χ0n) is 9.60. The molecule has 3 heteroatoms. The average Bonchev–Trinajstić information content (AvgIpc) is 1.77. The molecule has 0 aliphatic heterocycles. The quantitative estimate of drug-likeness (QED) is 0.691. The van der Waals surface area contributed by atoms with Crippen molar-refractivity contribution >= 4 is 6.09 Å². The molecule has 3 nitrogen and oxygen atoms in total. The maximum atomic E-state index is 11.2. The third-order valence-electron chi connectivity index (χ3n) is 1.16. The zero-order valence-corrected chi connectivity index (χ0v) is 9.60. The first kappa shape index (κ1) is 12.8. The summed E-state index contributed by atoms with van der Waals surface area (Å²) in [7, 11) is 0. The van der Waals surface area contributed by atoms with E-state index >= 15 is 0 Å². The molecule has 0 spiro atoms. The number of hydrogen-bond donors (Lipinski definition) is 1. The Bertz CT molecular complexity index is 259. The Morgan fingerprint density at radius 3 is 2.21 bits per heavy atom. The van der Waals surface area contributed by atoms with Crippen molar-refractivity contribution in [1.82, 2.24) is 5.32 Å². The molecule has 0 aliphatic carbocycles. The highest BCUT2D eigenvalue weighted by molar-refractivity contribution is 5.69. The molecule has 0 aliphatic rings. The fourth-order valence-corrected chi connectivity index (χ4v) is 0.870. The van der Waals surface area contributed by atoms with Crippen molar-refractivity contribution in [1.29, 1.82) is 0 Å². The third-order valence-corrected chi connectivity index (χ3v) is 1.16. The van der Waals surface area contributed by atoms with Crippen molar-refractivity contribution in [3.05, 3.63) is 23.9 Å². The van der Waals surface area contributed by atoms with Crippen LogP contribution in [0.25, 0.3) is 0 Å². The Morgan fingerprint density at radius 2 is 1.86 bits per heavy atom. The minimum atomic E-state index is -0.465. The lowest BCUT2D eigenvalue weighted by atomic mass is 10.2. The van der Waals surface area contributed by atoms with Gasteiger partial charge in [0.05, 0.1) is 0 Å². The van der Waals surface area contributed by atoms with Crippen molar-refractivity contribution in [2.45, 2.75) is 40.2 Å². The molecule has 1 amide bonds. The van der Waals surface area contributed by atoms with E-state index in [-0.39, 0.29) is 0 Å². The molecule has 0 unspecified atom stereocenters. The van der Waals surface area contributed by atoms with Crippen molar-refractivity contribution in [3.8, 4) is 0 Å². The SMILES string of the molecule is C=C(C)/C=C(\C)NC(=O)OC(C)(C)C. The van der Waals surface area contributed by atoms with Gasteiger partial charge in [0.25, 0.3) is 0 Å². The topological polar surface area (TPSA) is 38.3 Å². The van der Waals surface area contributed by atoms with Crippen LogP contribution in [0.3, 0.4) is 0 Å². The summed E-state index contributed by atoms with van der Waals surface area (Å²) in [5.74, 6) is 0. The van der Waals surface area contributed by atoms with Crippen LogP contribution in [-0.2, 0) is 4.74 Å². The van der Waals surface area contributed by atoms with E-state index in [1.54, 1.807) is 13.0 Å². The van der Waals surface area contributed by atoms with Crippen LogP contribution in [0.15, 0.2) is 23.9 Å². The molecule has 80 valence electrons. The molecule has 0 bridgehead atoms. The predicted octanol–water partition coefficient (Wildman–Crippen LogP) is 2.99. The summed E-state index contributed by atoms with van der Waals surface area (Å²) < 4.78 is 5.07. The van der Waals surface area contributed by atoms with E-state index in [0.717, 1.165) is 11.3 Å². The second-order valence-corrected chi connectivity index (χ2v) is 4.30. The largest absolute Gasteiger partial charge is 0.444 e. The second kappa shape index (κ2) is 4.84. The molecule has 0 rings (SSSR count). The average molecular weight is 197 g/mol. The van der Waals surface area contributed by atoms with Crippen molar-refractivity contribution in [3.63, 3.8) is 0 Å². The van der Waals surface area contributed by atoms with Crippen LogP contribution < -0.4 is 5.32 Å². The maximum Gasteiger partial charge on any atom is 0.411 e. The summed E-state index contributed by atoms with van der Waals surface area (Å²) >= 11 is 0. The van der Waals surface area contributed by atoms with Crippen molar-refractivity contribution < 1.29 is 9.53 Å². The summed E-state index contributed by atoms with van der Waals surface area (Å²) in [6.07, 6.45) is 1.34. The number of nitrogens with one attached hydrogen (secondary N) is 1. The second-order valence-electron chi connectivity index (χ2n) is 4.30. The van der Waals surface area contributed by atoms with Gasteiger partial charge >= 0.3 is 6.09 Å². The van der Waals surface area contributed by atoms with Gasteiger partial charge in [-0.25, -0.2) is 4.79 Å². The van der Waals surface area contributed by atoms with Crippen molar-refractivity contribution in [2.24, 2.45) is 0 Å². The van der Waals surface area contributed by atoms with Gasteiger partial charge in [-0.2, -0.15) is 0 Å². The molecule has 14 heavy (non-hydrogen) atoms. The van der Waals surface area contributed by atoms with Gasteiger partial charge in [0.1, 0.15) is 5.60 Å². The van der Waals surface area contributed by atoms with Crippen LogP contribution >= 0.6 is 0 Å². The fourth-order valence-electron chi connectivity index (χ4n) is 0.870. The number of allylic oxidation sites excluding steroid dienone is 3. The van der Waals surface area contributed by atoms with E-state index in [2.05, 4.69) is 11.9 Å². The molecule has 0 aromatic carbocycles. The maximum absolute atomic E-state index is 11.2. The first-order valence-electron chi connectivity index (χ1n) is 4.54. The lowest BCUT2D eigenvalue weighted by Gasteiger charge is -2.19. The van der Waals surface area contributed by atoms with Gasteiger partial charge < -0.3 is 4.74 Å². The van der Waals surface area contributed by atoms with E-state index in [1.807, 2.05) is 27.7 Å². The molecular weight excluding hydrogens is 178 g/mol. The Kier molecular flexibility index (Phi) is 4.41. The number of alkyl carbamates (subject to hydrolysis) is 1.